The summed E-state index contributed by atoms with van der Waals surface area (Å²) in [6.07, 6.45) is 2.21. The molecule has 198 valence electrons. The second kappa shape index (κ2) is 12.6. The Morgan fingerprint density at radius 1 is 0.973 bits per heavy atom. The maximum atomic E-state index is 13.4. The molecule has 2 aromatic rings. The molecule has 0 aliphatic carbocycles. The van der Waals surface area contributed by atoms with Crippen LogP contribution in [0.25, 0.3) is 0 Å². The van der Waals surface area contributed by atoms with Crippen LogP contribution in [0, 0.1) is 11.8 Å². The zero-order valence-electron chi connectivity index (χ0n) is 21.6. The van der Waals surface area contributed by atoms with E-state index < -0.39 is 0 Å². The molecule has 2 aliphatic heterocycles. The van der Waals surface area contributed by atoms with Crippen LogP contribution in [0.1, 0.15) is 38.2 Å². The van der Waals surface area contributed by atoms with Gasteiger partial charge in [0.05, 0.1) is 0 Å². The Hall–Kier alpha value is -2.87. The van der Waals surface area contributed by atoms with Crippen molar-refractivity contribution in [3.05, 3.63) is 64.6 Å². The molecule has 0 aromatic heterocycles. The van der Waals surface area contributed by atoms with Gasteiger partial charge in [0.2, 0.25) is 17.7 Å². The highest BCUT2D eigenvalue weighted by Crippen LogP contribution is 2.30. The first-order valence-electron chi connectivity index (χ1n) is 13.0. The fraction of sp³-hybridized carbons (Fsp3) is 0.483. The number of amides is 3. The van der Waals surface area contributed by atoms with Crippen LogP contribution in [0.4, 0.5) is 0 Å². The SMILES string of the molecule is CC(=O)N1CCC(C(=O)N2CC[C@H](Oc3cccc(Br)c3)[C@@H](CC(=O)N(C)Cc3ccccc3)C2)CC1. The number of hydrogen-bond acceptors (Lipinski definition) is 4. The lowest BCUT2D eigenvalue weighted by Gasteiger charge is -2.41. The quantitative estimate of drug-likeness (QED) is 0.497. The zero-order chi connectivity index (χ0) is 26.4. The molecule has 0 unspecified atom stereocenters. The molecule has 0 spiro atoms. The maximum absolute atomic E-state index is 13.4. The predicted octanol–water partition coefficient (Wildman–Crippen LogP) is 4.35. The molecular formula is C29H36BrN3O4. The van der Waals surface area contributed by atoms with E-state index in [-0.39, 0.29) is 35.7 Å². The Kier molecular flexibility index (Phi) is 9.24. The maximum Gasteiger partial charge on any atom is 0.225 e. The molecule has 3 amide bonds. The van der Waals surface area contributed by atoms with E-state index in [1.165, 1.54) is 0 Å². The van der Waals surface area contributed by atoms with Crippen LogP contribution in [0.15, 0.2) is 59.1 Å². The minimum atomic E-state index is -0.160. The van der Waals surface area contributed by atoms with Crippen molar-refractivity contribution in [2.75, 3.05) is 33.2 Å². The molecule has 4 rings (SSSR count). The lowest BCUT2D eigenvalue weighted by atomic mass is 9.88. The van der Waals surface area contributed by atoms with Crippen LogP contribution in [-0.2, 0) is 20.9 Å². The minimum absolute atomic E-state index is 0.0424. The molecule has 2 atom stereocenters. The molecule has 0 radical (unpaired) electrons. The van der Waals surface area contributed by atoms with Gasteiger partial charge in [-0.15, -0.1) is 0 Å². The molecule has 8 heteroatoms. The molecule has 2 fully saturated rings. The van der Waals surface area contributed by atoms with Gasteiger partial charge in [-0.2, -0.15) is 0 Å². The standard InChI is InChI=1S/C29H36BrN3O4/c1-21(34)32-14-11-23(12-15-32)29(36)33-16-13-27(37-26-10-6-9-25(30)18-26)24(20-33)17-28(35)31(2)19-22-7-4-3-5-8-22/h3-10,18,23-24,27H,11-17,19-20H2,1-2H3/t24-,27-/m0/s1. The topological polar surface area (TPSA) is 70.2 Å². The lowest BCUT2D eigenvalue weighted by molar-refractivity contribution is -0.144. The first kappa shape index (κ1) is 27.2. The number of piperidine rings is 2. The van der Waals surface area contributed by atoms with Crippen molar-refractivity contribution in [1.29, 1.82) is 0 Å². The molecule has 2 aliphatic rings. The van der Waals surface area contributed by atoms with Crippen LogP contribution >= 0.6 is 15.9 Å². The summed E-state index contributed by atoms with van der Waals surface area (Å²) < 4.78 is 7.31. The second-order valence-corrected chi connectivity index (χ2v) is 11.1. The highest BCUT2D eigenvalue weighted by atomic mass is 79.9. The summed E-state index contributed by atoms with van der Waals surface area (Å²) >= 11 is 3.50. The van der Waals surface area contributed by atoms with E-state index >= 15 is 0 Å². The zero-order valence-corrected chi connectivity index (χ0v) is 23.2. The first-order chi connectivity index (χ1) is 17.8. The summed E-state index contributed by atoms with van der Waals surface area (Å²) in [6, 6.07) is 17.7. The van der Waals surface area contributed by atoms with Gasteiger partial charge in [0.15, 0.2) is 0 Å². The highest BCUT2D eigenvalue weighted by Gasteiger charge is 2.37. The predicted molar refractivity (Wildman–Crippen MR) is 146 cm³/mol. The average Bonchev–Trinajstić information content (AvgIpc) is 2.90. The van der Waals surface area contributed by atoms with Gasteiger partial charge < -0.3 is 19.4 Å². The minimum Gasteiger partial charge on any atom is -0.490 e. The monoisotopic (exact) mass is 569 g/mol. The third-order valence-corrected chi connectivity index (χ3v) is 7.97. The van der Waals surface area contributed by atoms with E-state index in [0.29, 0.717) is 58.4 Å². The Morgan fingerprint density at radius 2 is 1.68 bits per heavy atom. The number of nitrogens with zero attached hydrogens (tertiary/aromatic N) is 3. The van der Waals surface area contributed by atoms with Crippen LogP contribution in [0.5, 0.6) is 5.75 Å². The van der Waals surface area contributed by atoms with Crippen molar-refractivity contribution in [3.63, 3.8) is 0 Å². The number of carbonyl (C=O) groups excluding carboxylic acids is 3. The lowest BCUT2D eigenvalue weighted by Crippen LogP contribution is -2.52. The summed E-state index contributed by atoms with van der Waals surface area (Å²) in [4.78, 5) is 43.9. The van der Waals surface area contributed by atoms with Crippen molar-refractivity contribution >= 4 is 33.7 Å². The van der Waals surface area contributed by atoms with Crippen molar-refractivity contribution in [2.45, 2.75) is 45.3 Å². The molecule has 0 N–H and O–H groups in total. The van der Waals surface area contributed by atoms with Crippen LogP contribution < -0.4 is 4.74 Å². The summed E-state index contributed by atoms with van der Waals surface area (Å²) in [7, 11) is 1.83. The molecular weight excluding hydrogens is 534 g/mol. The molecule has 0 saturated carbocycles. The van der Waals surface area contributed by atoms with E-state index in [1.807, 2.05) is 71.4 Å². The van der Waals surface area contributed by atoms with Gasteiger partial charge in [0, 0.05) is 75.8 Å². The highest BCUT2D eigenvalue weighted by molar-refractivity contribution is 9.10. The summed E-state index contributed by atoms with van der Waals surface area (Å²) in [6.45, 7) is 4.47. The molecule has 37 heavy (non-hydrogen) atoms. The van der Waals surface area contributed by atoms with E-state index in [9.17, 15) is 14.4 Å². The normalized spacial score (nSPS) is 20.4. The first-order valence-corrected chi connectivity index (χ1v) is 13.8. The Bertz CT molecular complexity index is 1090. The molecule has 7 nitrogen and oxygen atoms in total. The van der Waals surface area contributed by atoms with E-state index in [2.05, 4.69) is 15.9 Å². The van der Waals surface area contributed by atoms with Crippen molar-refractivity contribution in [3.8, 4) is 5.75 Å². The molecule has 2 heterocycles. The van der Waals surface area contributed by atoms with Gasteiger partial charge >= 0.3 is 0 Å². The Balaban J connectivity index is 1.43. The smallest absolute Gasteiger partial charge is 0.225 e. The number of carbonyl (C=O) groups is 3. The summed E-state index contributed by atoms with van der Waals surface area (Å²) in [5.41, 5.74) is 1.08. The molecule has 2 aromatic carbocycles. The van der Waals surface area contributed by atoms with Gasteiger partial charge in [-0.05, 0) is 36.6 Å². The van der Waals surface area contributed by atoms with E-state index in [1.54, 1.807) is 11.8 Å². The number of benzene rings is 2. The fourth-order valence-corrected chi connectivity index (χ4v) is 5.68. The van der Waals surface area contributed by atoms with Crippen molar-refractivity contribution < 1.29 is 19.1 Å². The van der Waals surface area contributed by atoms with Gasteiger partial charge in [0.25, 0.3) is 0 Å². The van der Waals surface area contributed by atoms with Crippen LogP contribution in [-0.4, -0.2) is 71.8 Å². The number of halogens is 1. The second-order valence-electron chi connectivity index (χ2n) is 10.2. The van der Waals surface area contributed by atoms with Gasteiger partial charge in [-0.3, -0.25) is 14.4 Å². The molecule has 2 saturated heterocycles. The van der Waals surface area contributed by atoms with Crippen molar-refractivity contribution in [1.82, 2.24) is 14.7 Å². The van der Waals surface area contributed by atoms with Gasteiger partial charge in [0.1, 0.15) is 11.9 Å². The number of likely N-dealkylation sites (tertiary alicyclic amines) is 2. The Morgan fingerprint density at radius 3 is 2.35 bits per heavy atom. The number of ether oxygens (including phenoxy) is 1. The average molecular weight is 571 g/mol. The molecule has 0 bridgehead atoms. The number of hydrogen-bond donors (Lipinski definition) is 0. The van der Waals surface area contributed by atoms with E-state index in [4.69, 9.17) is 4.74 Å². The van der Waals surface area contributed by atoms with Gasteiger partial charge in [-0.25, -0.2) is 0 Å². The van der Waals surface area contributed by atoms with E-state index in [0.717, 1.165) is 15.8 Å². The summed E-state index contributed by atoms with van der Waals surface area (Å²) in [5.74, 6) is 0.815. The third kappa shape index (κ3) is 7.34. The summed E-state index contributed by atoms with van der Waals surface area (Å²) in [5, 5.41) is 0. The number of rotatable bonds is 7. The third-order valence-electron chi connectivity index (χ3n) is 7.47. The van der Waals surface area contributed by atoms with Gasteiger partial charge in [-0.1, -0.05) is 52.3 Å². The van der Waals surface area contributed by atoms with Crippen LogP contribution in [0.3, 0.4) is 0 Å². The van der Waals surface area contributed by atoms with Crippen LogP contribution in [0.2, 0.25) is 0 Å². The largest absolute Gasteiger partial charge is 0.490 e. The Labute approximate surface area is 227 Å². The van der Waals surface area contributed by atoms with Crippen molar-refractivity contribution in [2.24, 2.45) is 11.8 Å². The fourth-order valence-electron chi connectivity index (χ4n) is 5.30.